The van der Waals surface area contributed by atoms with Crippen molar-refractivity contribution in [3.05, 3.63) is 328 Å². The van der Waals surface area contributed by atoms with Crippen molar-refractivity contribution < 1.29 is 162 Å². The second-order valence-corrected chi connectivity index (χ2v) is 24.8. The van der Waals surface area contributed by atoms with Crippen molar-refractivity contribution in [2.75, 3.05) is 67.2 Å². The topological polar surface area (TPSA) is 408 Å². The summed E-state index contributed by atoms with van der Waals surface area (Å²) in [5.41, 5.74) is 2.18. The van der Waals surface area contributed by atoms with Crippen LogP contribution in [-0.2, 0) is 66.7 Å². The van der Waals surface area contributed by atoms with Crippen LogP contribution in [0.5, 0.6) is 80.5 Å². The van der Waals surface area contributed by atoms with Crippen molar-refractivity contribution in [1.29, 1.82) is 0 Å². The van der Waals surface area contributed by atoms with E-state index < -0.39 is 72.0 Å². The molecule has 10 aromatic carbocycles. The summed E-state index contributed by atoms with van der Waals surface area (Å²) in [6, 6.07) is 56.9. The third-order valence-corrected chi connectivity index (χ3v) is 16.0. The first-order valence-electron chi connectivity index (χ1n) is 37.6. The maximum absolute atomic E-state index is 12.6. The number of benzene rings is 10. The summed E-state index contributed by atoms with van der Waals surface area (Å²) in [7, 11) is 0. The third kappa shape index (κ3) is 33.9. The van der Waals surface area contributed by atoms with Gasteiger partial charge in [-0.1, -0.05) is 51.6 Å². The van der Waals surface area contributed by atoms with Crippen molar-refractivity contribution >= 4 is 82.8 Å². The quantitative estimate of drug-likeness (QED) is 0.00652. The Morgan fingerprint density at radius 1 is 0.219 bits per heavy atom. The van der Waals surface area contributed by atoms with Crippen LogP contribution in [0.3, 0.4) is 0 Å². The van der Waals surface area contributed by atoms with Crippen molar-refractivity contribution in [2.45, 2.75) is 13.8 Å². The Balaban J connectivity index is 0.000000238. The Morgan fingerprint density at radius 3 is 0.781 bits per heavy atom. The Labute approximate surface area is 730 Å². The summed E-state index contributed by atoms with van der Waals surface area (Å²) in [6.45, 7) is 21.3. The lowest BCUT2D eigenvalue weighted by molar-refractivity contribution is -0.145. The van der Waals surface area contributed by atoms with Crippen molar-refractivity contribution in [3.63, 3.8) is 0 Å². The number of hydrogen-bond acceptors (Lipinski definition) is 34. The minimum Gasteiger partial charge on any atom is -0.459 e. The van der Waals surface area contributed by atoms with Gasteiger partial charge in [0.05, 0.1) is 22.3 Å². The molecule has 128 heavy (non-hydrogen) atoms. The lowest BCUT2D eigenvalue weighted by Gasteiger charge is -2.12. The molecule has 0 spiro atoms. The van der Waals surface area contributed by atoms with Gasteiger partial charge in [0.2, 0.25) is 40.8 Å². The van der Waals surface area contributed by atoms with E-state index in [4.69, 9.17) is 94.7 Å². The van der Waals surface area contributed by atoms with Gasteiger partial charge in [-0.05, 0) is 242 Å². The second kappa shape index (κ2) is 51.3. The summed E-state index contributed by atoms with van der Waals surface area (Å²) in [5, 5.41) is 1.73. The van der Waals surface area contributed by atoms with Gasteiger partial charge in [-0.25, -0.2) is 57.5 Å². The fourth-order valence-corrected chi connectivity index (χ4v) is 9.70. The first kappa shape index (κ1) is 96.0. The molecule has 0 aliphatic heterocycles. The predicted octanol–water partition coefficient (Wildman–Crippen LogP) is 15.3. The Hall–Kier alpha value is -17.5. The van der Waals surface area contributed by atoms with Crippen LogP contribution in [0, 0.1) is 13.8 Å². The first-order chi connectivity index (χ1) is 61.9. The highest BCUT2D eigenvalue weighted by molar-refractivity contribution is 5.95. The fraction of sp³-hybridized carbons (Fsp3) is 0.128. The predicted molar refractivity (Wildman–Crippen MR) is 450 cm³/mol. The number of carbonyl (C=O) groups excluding carboxylic acids is 12. The van der Waals surface area contributed by atoms with Gasteiger partial charge in [0, 0.05) is 36.5 Å². The summed E-state index contributed by atoms with van der Waals surface area (Å²) < 4.78 is 113. The Morgan fingerprint density at radius 2 is 0.453 bits per heavy atom. The minimum atomic E-state index is -1.03. The second-order valence-electron chi connectivity index (χ2n) is 24.8. The van der Waals surface area contributed by atoms with Gasteiger partial charge in [-0.2, -0.15) is 0 Å². The number of hydrogen-bond donors (Lipinski definition) is 0. The van der Waals surface area contributed by atoms with Crippen LogP contribution >= 0.6 is 0 Å². The fourth-order valence-electron chi connectivity index (χ4n) is 9.70. The highest BCUT2D eigenvalue weighted by Crippen LogP contribution is 2.31. The summed E-state index contributed by atoms with van der Waals surface area (Å²) in [6.07, 6.45) is 4.07. The molecule has 0 heterocycles. The summed E-state index contributed by atoms with van der Waals surface area (Å²) in [5.74, 6) is -0.711. The lowest BCUT2D eigenvalue weighted by Crippen LogP contribution is -2.16. The van der Waals surface area contributed by atoms with E-state index >= 15 is 0 Å². The van der Waals surface area contributed by atoms with Crippen LogP contribution in [0.2, 0.25) is 0 Å². The van der Waals surface area contributed by atoms with Crippen LogP contribution < -0.4 is 66.3 Å². The molecule has 0 aromatic heterocycles. The molecule has 660 valence electrons. The molecule has 34 nitrogen and oxygen atoms in total. The van der Waals surface area contributed by atoms with E-state index in [0.717, 1.165) is 52.8 Å². The largest absolute Gasteiger partial charge is 0.513 e. The van der Waals surface area contributed by atoms with Gasteiger partial charge < -0.3 is 104 Å². The smallest absolute Gasteiger partial charge is 0.459 e. The molecule has 0 fully saturated rings. The number of rotatable bonds is 42. The normalized spacial score (nSPS) is 10.0. The molecule has 0 amide bonds. The van der Waals surface area contributed by atoms with Crippen molar-refractivity contribution in [2.24, 2.45) is 0 Å². The van der Waals surface area contributed by atoms with E-state index in [1.165, 1.54) is 78.9 Å². The van der Waals surface area contributed by atoms with E-state index in [2.05, 4.69) is 48.9 Å². The molecule has 0 unspecified atom stereocenters. The molecule has 10 aromatic rings. The standard InChI is InChI=1S/C33H28O14.C32H26O10.C29H26O10/c1-4-28(34)40-16-18-42-32(38)45-24-10-6-22(7-11-24)30(36)44-26-14-15-27(21(3)20-26)47-31(37)23-8-12-25(13-9-23)46-33(39)43-19-17-41-29(35)5-2;1-3-30(33)40-20-37-25-9-5-22(6-10-25)32(35)42-29-12-8-23-17-28(11-7-24(23)18-29)39-19-36-26-13-15-27(16-14-26)38-21-41-31(34)4-2;1-4-27(30)37-18-34-22-8-6-21(7-9-22)29(32)39-25-14-15-26(20(3)16-25)36-17-33-23-10-12-24(13-11-23)35-19-38-28(31)5-2/h4-15,20H,1-2,16-19H2,3H3;3-18H,1-2,19-21H2;4-16H,1-2,17-19H2,3H3. The van der Waals surface area contributed by atoms with Gasteiger partial charge >= 0.3 is 72.0 Å². The molecule has 0 aliphatic carbocycles. The first-order valence-corrected chi connectivity index (χ1v) is 37.6. The number of aryl methyl sites for hydroxylation is 2. The molecular weight excluding hydrogens is 1670 g/mol. The number of carbonyl (C=O) groups is 12. The molecule has 0 aliphatic rings. The van der Waals surface area contributed by atoms with Crippen molar-refractivity contribution in [1.82, 2.24) is 0 Å². The van der Waals surface area contributed by atoms with E-state index in [0.29, 0.717) is 74.2 Å². The van der Waals surface area contributed by atoms with E-state index in [1.54, 1.807) is 128 Å². The SMILES string of the molecule is C=CC(=O)OCCOC(=O)Oc1ccc(C(=O)Oc2ccc(OC(=O)c3ccc(OC(=O)OCCOC(=O)C=C)cc3)c(C)c2)cc1.C=CC(=O)OCOc1ccc(OCOc2ccc(OC(=O)c3ccc(OCOC(=O)C=C)cc3)cc2C)cc1.C=CC(=O)OCOc1ccc(OCOc2ccc3cc(OC(=O)c4ccc(OCOC(=O)C=C)cc4)ccc3c2)cc1. The Bertz CT molecular complexity index is 5570. The molecule has 34 heteroatoms. The summed E-state index contributed by atoms with van der Waals surface area (Å²) >= 11 is 0. The molecule has 0 bridgehead atoms. The highest BCUT2D eigenvalue weighted by atomic mass is 16.7. The van der Waals surface area contributed by atoms with Crippen LogP contribution in [0.4, 0.5) is 9.59 Å². The highest BCUT2D eigenvalue weighted by Gasteiger charge is 2.19. The monoisotopic (exact) mass is 1750 g/mol. The van der Waals surface area contributed by atoms with Crippen LogP contribution in [-0.4, -0.2) is 139 Å². The molecule has 10 rings (SSSR count). The molecule has 0 saturated carbocycles. The van der Waals surface area contributed by atoms with E-state index in [1.807, 2.05) is 25.1 Å². The zero-order chi connectivity index (χ0) is 92.0. The average Bonchev–Trinajstić information content (AvgIpc) is 0.826. The average molecular weight is 1750 g/mol. The number of esters is 10. The van der Waals surface area contributed by atoms with Crippen molar-refractivity contribution in [3.8, 4) is 80.5 Å². The molecule has 0 atom stereocenters. The molecular formula is C94H80O34. The lowest BCUT2D eigenvalue weighted by atomic mass is 10.1. The van der Waals surface area contributed by atoms with Gasteiger partial charge in [-0.3, -0.25) is 0 Å². The minimum absolute atomic E-state index is 0.0256. The molecule has 0 saturated heterocycles. The van der Waals surface area contributed by atoms with Crippen LogP contribution in [0.25, 0.3) is 10.8 Å². The van der Waals surface area contributed by atoms with Crippen LogP contribution in [0.1, 0.15) is 52.6 Å². The van der Waals surface area contributed by atoms with Gasteiger partial charge in [-0.15, -0.1) is 0 Å². The van der Waals surface area contributed by atoms with Gasteiger partial charge in [0.1, 0.15) is 107 Å². The zero-order valence-corrected chi connectivity index (χ0v) is 68.4. The van der Waals surface area contributed by atoms with E-state index in [-0.39, 0.29) is 101 Å². The van der Waals surface area contributed by atoms with E-state index in [9.17, 15) is 57.5 Å². The maximum Gasteiger partial charge on any atom is 0.513 e. The number of ether oxygens (including phenoxy) is 22. The van der Waals surface area contributed by atoms with Gasteiger partial charge in [0.25, 0.3) is 0 Å². The molecule has 0 N–H and O–H groups in total. The van der Waals surface area contributed by atoms with Gasteiger partial charge in [0.15, 0.2) is 0 Å². The third-order valence-electron chi connectivity index (χ3n) is 16.0. The number of fused-ring (bicyclic) bond motifs is 1. The summed E-state index contributed by atoms with van der Waals surface area (Å²) in [4.78, 5) is 140. The van der Waals surface area contributed by atoms with Crippen LogP contribution in [0.15, 0.2) is 294 Å². The Kier molecular flexibility index (Phi) is 38.5. The molecule has 0 radical (unpaired) electrons. The maximum atomic E-state index is 12.6. The zero-order valence-electron chi connectivity index (χ0n) is 68.4.